The maximum Gasteiger partial charge on any atom is 0.120 e. The quantitative estimate of drug-likeness (QED) is 0.877. The summed E-state index contributed by atoms with van der Waals surface area (Å²) in [4.78, 5) is 4.59. The van der Waals surface area contributed by atoms with Crippen molar-refractivity contribution in [1.82, 2.24) is 4.98 Å². The maximum atomic E-state index is 6.06. The number of hydrogen-bond acceptors (Lipinski definition) is 3. The highest BCUT2D eigenvalue weighted by Gasteiger charge is 2.04. The summed E-state index contributed by atoms with van der Waals surface area (Å²) in [6, 6.07) is 7.82. The first kappa shape index (κ1) is 11.7. The van der Waals surface area contributed by atoms with Crippen LogP contribution >= 0.6 is 0 Å². The number of benzene rings is 1. The highest BCUT2D eigenvalue weighted by Crippen LogP contribution is 2.25. The van der Waals surface area contributed by atoms with Gasteiger partial charge in [0.25, 0.3) is 0 Å². The van der Waals surface area contributed by atoms with Crippen molar-refractivity contribution in [3.63, 3.8) is 0 Å². The summed E-state index contributed by atoms with van der Waals surface area (Å²) < 4.78 is 5.46. The molecule has 0 radical (unpaired) electrons. The number of pyridine rings is 1. The molecule has 17 heavy (non-hydrogen) atoms. The van der Waals surface area contributed by atoms with E-state index in [-0.39, 0.29) is 0 Å². The Labute approximate surface area is 102 Å². The van der Waals surface area contributed by atoms with Crippen LogP contribution in [0.25, 0.3) is 10.9 Å². The van der Waals surface area contributed by atoms with Crippen LogP contribution < -0.4 is 10.5 Å². The van der Waals surface area contributed by atoms with Gasteiger partial charge in [-0.2, -0.15) is 0 Å². The van der Waals surface area contributed by atoms with Gasteiger partial charge in [0.2, 0.25) is 0 Å². The van der Waals surface area contributed by atoms with Gasteiger partial charge in [0.05, 0.1) is 12.1 Å². The van der Waals surface area contributed by atoms with Gasteiger partial charge in [-0.3, -0.25) is 4.98 Å². The monoisotopic (exact) mass is 230 g/mol. The molecule has 1 heterocycles. The van der Waals surface area contributed by atoms with Crippen molar-refractivity contribution in [3.05, 3.63) is 30.0 Å². The van der Waals surface area contributed by atoms with E-state index in [9.17, 15) is 0 Å². The van der Waals surface area contributed by atoms with E-state index in [0.717, 1.165) is 40.9 Å². The summed E-state index contributed by atoms with van der Waals surface area (Å²) >= 11 is 0. The lowest BCUT2D eigenvalue weighted by molar-refractivity contribution is 0.340. The Morgan fingerprint density at radius 2 is 2.06 bits per heavy atom. The summed E-state index contributed by atoms with van der Waals surface area (Å²) in [6.45, 7) is 4.77. The lowest BCUT2D eigenvalue weighted by Crippen LogP contribution is -1.97. The van der Waals surface area contributed by atoms with Crippen LogP contribution in [0.2, 0.25) is 0 Å². The number of ether oxygens (including phenoxy) is 1. The number of nitrogen functional groups attached to an aromatic ring is 1. The van der Waals surface area contributed by atoms with Crippen LogP contribution in [0.1, 0.15) is 26.0 Å². The maximum absolute atomic E-state index is 6.06. The molecule has 0 aliphatic rings. The van der Waals surface area contributed by atoms with E-state index in [4.69, 9.17) is 10.5 Å². The van der Waals surface area contributed by atoms with E-state index in [0.29, 0.717) is 6.61 Å². The highest BCUT2D eigenvalue weighted by molar-refractivity contribution is 5.91. The Hall–Kier alpha value is -1.77. The number of anilines is 1. The summed E-state index contributed by atoms with van der Waals surface area (Å²) in [5, 5.41) is 0.968. The topological polar surface area (TPSA) is 48.1 Å². The van der Waals surface area contributed by atoms with Crippen molar-refractivity contribution >= 4 is 16.6 Å². The van der Waals surface area contributed by atoms with Gasteiger partial charge in [-0.25, -0.2) is 0 Å². The molecule has 2 N–H and O–H groups in total. The molecule has 0 unspecified atom stereocenters. The van der Waals surface area contributed by atoms with E-state index in [1.165, 1.54) is 0 Å². The van der Waals surface area contributed by atoms with Crippen LogP contribution in [-0.2, 0) is 6.42 Å². The van der Waals surface area contributed by atoms with Gasteiger partial charge in [-0.1, -0.05) is 13.3 Å². The zero-order valence-corrected chi connectivity index (χ0v) is 10.4. The minimum atomic E-state index is 0.659. The van der Waals surface area contributed by atoms with Crippen LogP contribution in [-0.4, -0.2) is 11.6 Å². The molecule has 0 bridgehead atoms. The van der Waals surface area contributed by atoms with Crippen LogP contribution in [0.5, 0.6) is 5.75 Å². The van der Waals surface area contributed by atoms with E-state index in [2.05, 4.69) is 11.9 Å². The van der Waals surface area contributed by atoms with Gasteiger partial charge in [-0.05, 0) is 37.6 Å². The number of nitrogens with two attached hydrogens (primary N) is 1. The van der Waals surface area contributed by atoms with Crippen LogP contribution in [0.4, 0.5) is 5.69 Å². The fourth-order valence-electron chi connectivity index (χ4n) is 1.93. The van der Waals surface area contributed by atoms with Crippen molar-refractivity contribution in [3.8, 4) is 5.75 Å². The molecule has 0 atom stereocenters. The molecule has 0 saturated carbocycles. The van der Waals surface area contributed by atoms with E-state index in [1.807, 2.05) is 31.2 Å². The van der Waals surface area contributed by atoms with Crippen LogP contribution in [0.15, 0.2) is 24.3 Å². The predicted molar refractivity (Wildman–Crippen MR) is 71.3 cm³/mol. The van der Waals surface area contributed by atoms with Gasteiger partial charge in [0.1, 0.15) is 5.75 Å². The average molecular weight is 230 g/mol. The summed E-state index contributed by atoms with van der Waals surface area (Å²) in [6.07, 6.45) is 2.04. The Morgan fingerprint density at radius 1 is 1.24 bits per heavy atom. The van der Waals surface area contributed by atoms with E-state index >= 15 is 0 Å². The van der Waals surface area contributed by atoms with Gasteiger partial charge < -0.3 is 10.5 Å². The van der Waals surface area contributed by atoms with Crippen molar-refractivity contribution in [1.29, 1.82) is 0 Å². The van der Waals surface area contributed by atoms with Crippen LogP contribution in [0, 0.1) is 0 Å². The molecule has 3 nitrogen and oxygen atoms in total. The molecule has 90 valence electrons. The second kappa shape index (κ2) is 5.04. The molecular weight excluding hydrogens is 212 g/mol. The predicted octanol–water partition coefficient (Wildman–Crippen LogP) is 3.17. The SMILES string of the molecule is CCCc1cc(N)c2cc(OCC)ccc2n1. The summed E-state index contributed by atoms with van der Waals surface area (Å²) in [5.74, 6) is 0.844. The third-order valence-corrected chi connectivity index (χ3v) is 2.68. The molecule has 0 amide bonds. The zero-order valence-electron chi connectivity index (χ0n) is 10.4. The fourth-order valence-corrected chi connectivity index (χ4v) is 1.93. The number of rotatable bonds is 4. The van der Waals surface area contributed by atoms with Crippen molar-refractivity contribution in [2.24, 2.45) is 0 Å². The number of fused-ring (bicyclic) bond motifs is 1. The lowest BCUT2D eigenvalue weighted by Gasteiger charge is -2.08. The normalized spacial score (nSPS) is 10.7. The molecule has 0 spiro atoms. The van der Waals surface area contributed by atoms with Crippen molar-refractivity contribution < 1.29 is 4.74 Å². The highest BCUT2D eigenvalue weighted by atomic mass is 16.5. The molecule has 0 aliphatic heterocycles. The first-order chi connectivity index (χ1) is 8.24. The van der Waals surface area contributed by atoms with Gasteiger partial charge in [0.15, 0.2) is 0 Å². The largest absolute Gasteiger partial charge is 0.494 e. The molecule has 0 saturated heterocycles. The third kappa shape index (κ3) is 2.49. The Bertz CT molecular complexity index is 523. The van der Waals surface area contributed by atoms with Crippen molar-refractivity contribution in [2.75, 3.05) is 12.3 Å². The van der Waals surface area contributed by atoms with Gasteiger partial charge in [0, 0.05) is 16.8 Å². The Balaban J connectivity index is 2.48. The minimum absolute atomic E-state index is 0.659. The second-order valence-electron chi connectivity index (χ2n) is 4.06. The van der Waals surface area contributed by atoms with Gasteiger partial charge >= 0.3 is 0 Å². The number of hydrogen-bond donors (Lipinski definition) is 1. The molecule has 1 aromatic carbocycles. The zero-order chi connectivity index (χ0) is 12.3. The smallest absolute Gasteiger partial charge is 0.120 e. The molecule has 2 aromatic rings. The number of aromatic nitrogens is 1. The Kier molecular flexibility index (Phi) is 3.47. The van der Waals surface area contributed by atoms with Gasteiger partial charge in [-0.15, -0.1) is 0 Å². The van der Waals surface area contributed by atoms with E-state index < -0.39 is 0 Å². The molecule has 3 heteroatoms. The number of aryl methyl sites for hydroxylation is 1. The first-order valence-electron chi connectivity index (χ1n) is 6.06. The van der Waals surface area contributed by atoms with Crippen molar-refractivity contribution in [2.45, 2.75) is 26.7 Å². The van der Waals surface area contributed by atoms with E-state index in [1.54, 1.807) is 0 Å². The second-order valence-corrected chi connectivity index (χ2v) is 4.06. The standard InChI is InChI=1S/C14H18N2O/c1-3-5-10-8-13(15)12-9-11(17-4-2)6-7-14(12)16-10/h6-9H,3-5H2,1-2H3,(H2,15,16). The molecular formula is C14H18N2O. The fraction of sp³-hybridized carbons (Fsp3) is 0.357. The molecule has 0 fully saturated rings. The lowest BCUT2D eigenvalue weighted by atomic mass is 10.1. The molecule has 0 aliphatic carbocycles. The Morgan fingerprint density at radius 3 is 2.76 bits per heavy atom. The molecule has 2 rings (SSSR count). The third-order valence-electron chi connectivity index (χ3n) is 2.68. The molecule has 1 aromatic heterocycles. The average Bonchev–Trinajstić information content (AvgIpc) is 2.31. The number of nitrogens with zero attached hydrogens (tertiary/aromatic N) is 1. The summed E-state index contributed by atoms with van der Waals surface area (Å²) in [7, 11) is 0. The minimum Gasteiger partial charge on any atom is -0.494 e. The summed E-state index contributed by atoms with van der Waals surface area (Å²) in [5.41, 5.74) is 8.83. The first-order valence-corrected chi connectivity index (χ1v) is 6.06. The van der Waals surface area contributed by atoms with Crippen LogP contribution in [0.3, 0.4) is 0 Å².